The molecule has 1 aliphatic rings. The Bertz CT molecular complexity index is 286. The Labute approximate surface area is 98.8 Å². The average Bonchev–Trinajstić information content (AvgIpc) is 2.76. The van der Waals surface area contributed by atoms with Gasteiger partial charge in [-0.25, -0.2) is 4.72 Å². The number of hydrogen-bond donors (Lipinski definition) is 2. The highest BCUT2D eigenvalue weighted by molar-refractivity contribution is 7.87. The fraction of sp³-hybridized carbons (Fsp3) is 1.00. The van der Waals surface area contributed by atoms with Crippen molar-refractivity contribution in [3.8, 4) is 0 Å². The quantitative estimate of drug-likeness (QED) is 0.682. The van der Waals surface area contributed by atoms with Gasteiger partial charge >= 0.3 is 0 Å². The van der Waals surface area contributed by atoms with Gasteiger partial charge in [0.15, 0.2) is 0 Å². The van der Waals surface area contributed by atoms with Gasteiger partial charge in [0, 0.05) is 26.2 Å². The van der Waals surface area contributed by atoms with Crippen molar-refractivity contribution in [3.63, 3.8) is 0 Å². The van der Waals surface area contributed by atoms with E-state index in [0.717, 1.165) is 32.2 Å². The smallest absolute Gasteiger partial charge is 0.279 e. The molecule has 1 aliphatic heterocycles. The topological polar surface area (TPSA) is 61.4 Å². The summed E-state index contributed by atoms with van der Waals surface area (Å²) in [6.07, 6.45) is 4.13. The molecule has 5 nitrogen and oxygen atoms in total. The summed E-state index contributed by atoms with van der Waals surface area (Å²) >= 11 is 0. The van der Waals surface area contributed by atoms with Crippen LogP contribution in [0.4, 0.5) is 0 Å². The van der Waals surface area contributed by atoms with Crippen molar-refractivity contribution < 1.29 is 8.42 Å². The fourth-order valence-electron chi connectivity index (χ4n) is 1.93. The summed E-state index contributed by atoms with van der Waals surface area (Å²) in [4.78, 5) is 0. The molecule has 0 aliphatic carbocycles. The van der Waals surface area contributed by atoms with Gasteiger partial charge in [-0.1, -0.05) is 13.3 Å². The van der Waals surface area contributed by atoms with Crippen molar-refractivity contribution in [2.24, 2.45) is 0 Å². The number of nitrogens with one attached hydrogen (secondary N) is 2. The van der Waals surface area contributed by atoms with Gasteiger partial charge in [-0.15, -0.1) is 0 Å². The van der Waals surface area contributed by atoms with Crippen molar-refractivity contribution in [2.45, 2.75) is 38.6 Å². The predicted molar refractivity (Wildman–Crippen MR) is 65.5 cm³/mol. The lowest BCUT2D eigenvalue weighted by molar-refractivity contribution is 0.360. The maximum atomic E-state index is 11.8. The van der Waals surface area contributed by atoms with Crippen LogP contribution in [0.25, 0.3) is 0 Å². The minimum atomic E-state index is -3.28. The van der Waals surface area contributed by atoms with E-state index >= 15 is 0 Å². The van der Waals surface area contributed by atoms with Gasteiger partial charge in [-0.2, -0.15) is 12.7 Å². The summed E-state index contributed by atoms with van der Waals surface area (Å²) < 4.78 is 27.5. The molecule has 2 N–H and O–H groups in total. The van der Waals surface area contributed by atoms with Crippen LogP contribution in [0.15, 0.2) is 0 Å². The molecule has 1 atom stereocenters. The van der Waals surface area contributed by atoms with E-state index in [1.54, 1.807) is 4.31 Å². The Hall–Kier alpha value is -0.170. The van der Waals surface area contributed by atoms with Crippen LogP contribution in [-0.4, -0.2) is 45.4 Å². The first-order valence-electron chi connectivity index (χ1n) is 6.02. The molecule has 0 aromatic carbocycles. The molecule has 0 saturated carbocycles. The summed E-state index contributed by atoms with van der Waals surface area (Å²) in [5.41, 5.74) is 0. The minimum Gasteiger partial charge on any atom is -0.313 e. The first-order chi connectivity index (χ1) is 7.60. The second kappa shape index (κ2) is 6.54. The van der Waals surface area contributed by atoms with E-state index in [0.29, 0.717) is 19.1 Å². The molecule has 6 heteroatoms. The SMILES string of the molecule is CCCCN(CC1CCCN1)S(=O)(=O)NC. The Balaban J connectivity index is 2.55. The summed E-state index contributed by atoms with van der Waals surface area (Å²) in [6, 6.07) is 0.319. The maximum Gasteiger partial charge on any atom is 0.279 e. The Morgan fingerprint density at radius 1 is 1.50 bits per heavy atom. The zero-order chi connectivity index (χ0) is 12.0. The second-order valence-electron chi connectivity index (χ2n) is 4.21. The highest BCUT2D eigenvalue weighted by Crippen LogP contribution is 2.10. The number of rotatable bonds is 7. The Morgan fingerprint density at radius 3 is 2.75 bits per heavy atom. The second-order valence-corrected chi connectivity index (χ2v) is 6.09. The predicted octanol–water partition coefficient (Wildman–Crippen LogP) is 0.305. The highest BCUT2D eigenvalue weighted by atomic mass is 32.2. The number of nitrogens with zero attached hydrogens (tertiary/aromatic N) is 1. The van der Waals surface area contributed by atoms with Gasteiger partial charge in [0.1, 0.15) is 0 Å². The normalized spacial score (nSPS) is 21.8. The van der Waals surface area contributed by atoms with Crippen molar-refractivity contribution in [2.75, 3.05) is 26.7 Å². The molecule has 1 saturated heterocycles. The molecule has 1 fully saturated rings. The van der Waals surface area contributed by atoms with E-state index in [9.17, 15) is 8.42 Å². The van der Waals surface area contributed by atoms with E-state index in [2.05, 4.69) is 17.0 Å². The average molecular weight is 249 g/mol. The van der Waals surface area contributed by atoms with Gasteiger partial charge in [0.2, 0.25) is 0 Å². The number of unbranched alkanes of at least 4 members (excludes halogenated alkanes) is 1. The summed E-state index contributed by atoms with van der Waals surface area (Å²) in [7, 11) is -1.81. The first-order valence-corrected chi connectivity index (χ1v) is 7.46. The third-order valence-electron chi connectivity index (χ3n) is 2.95. The molecule has 1 unspecified atom stereocenters. The lowest BCUT2D eigenvalue weighted by Gasteiger charge is -2.24. The third-order valence-corrected chi connectivity index (χ3v) is 4.47. The molecule has 0 bridgehead atoms. The monoisotopic (exact) mass is 249 g/mol. The van der Waals surface area contributed by atoms with Crippen molar-refractivity contribution in [3.05, 3.63) is 0 Å². The van der Waals surface area contributed by atoms with E-state index in [-0.39, 0.29) is 0 Å². The van der Waals surface area contributed by atoms with Crippen molar-refractivity contribution in [1.82, 2.24) is 14.3 Å². The van der Waals surface area contributed by atoms with Crippen molar-refractivity contribution in [1.29, 1.82) is 0 Å². The molecule has 0 amide bonds. The fourth-order valence-corrected chi connectivity index (χ4v) is 2.94. The lowest BCUT2D eigenvalue weighted by Crippen LogP contribution is -2.45. The van der Waals surface area contributed by atoms with Crippen LogP contribution in [0.3, 0.4) is 0 Å². The molecule has 0 radical (unpaired) electrons. The Morgan fingerprint density at radius 2 is 2.25 bits per heavy atom. The molecule has 96 valence electrons. The van der Waals surface area contributed by atoms with E-state index in [4.69, 9.17) is 0 Å². The van der Waals surface area contributed by atoms with Gasteiger partial charge < -0.3 is 5.32 Å². The van der Waals surface area contributed by atoms with Crippen LogP contribution in [-0.2, 0) is 10.2 Å². The van der Waals surface area contributed by atoms with E-state index in [1.165, 1.54) is 7.05 Å². The molecule has 0 spiro atoms. The zero-order valence-electron chi connectivity index (χ0n) is 10.2. The summed E-state index contributed by atoms with van der Waals surface area (Å²) in [5, 5.41) is 3.33. The molecule has 1 heterocycles. The summed E-state index contributed by atoms with van der Waals surface area (Å²) in [5.74, 6) is 0. The van der Waals surface area contributed by atoms with Gasteiger partial charge in [0.05, 0.1) is 0 Å². The molecular weight excluding hydrogens is 226 g/mol. The lowest BCUT2D eigenvalue weighted by atomic mass is 10.2. The van der Waals surface area contributed by atoms with Crippen LogP contribution in [0.1, 0.15) is 32.6 Å². The van der Waals surface area contributed by atoms with Crippen LogP contribution >= 0.6 is 0 Å². The molecule has 16 heavy (non-hydrogen) atoms. The zero-order valence-corrected chi connectivity index (χ0v) is 11.0. The van der Waals surface area contributed by atoms with Gasteiger partial charge in [-0.3, -0.25) is 0 Å². The van der Waals surface area contributed by atoms with Crippen LogP contribution < -0.4 is 10.0 Å². The van der Waals surface area contributed by atoms with Crippen LogP contribution in [0.5, 0.6) is 0 Å². The highest BCUT2D eigenvalue weighted by Gasteiger charge is 2.24. The standard InChI is InChI=1S/C10H23N3O2S/c1-3-4-8-13(16(14,15)11-2)9-10-6-5-7-12-10/h10-12H,3-9H2,1-2H3. The molecular formula is C10H23N3O2S. The third kappa shape index (κ3) is 4.01. The molecule has 0 aromatic heterocycles. The van der Waals surface area contributed by atoms with Gasteiger partial charge in [-0.05, 0) is 25.8 Å². The molecule has 1 rings (SSSR count). The van der Waals surface area contributed by atoms with Crippen LogP contribution in [0.2, 0.25) is 0 Å². The van der Waals surface area contributed by atoms with Crippen molar-refractivity contribution >= 4 is 10.2 Å². The maximum absolute atomic E-state index is 11.8. The van der Waals surface area contributed by atoms with E-state index in [1.807, 2.05) is 0 Å². The van der Waals surface area contributed by atoms with Gasteiger partial charge in [0.25, 0.3) is 10.2 Å². The van der Waals surface area contributed by atoms with E-state index < -0.39 is 10.2 Å². The van der Waals surface area contributed by atoms with Crippen LogP contribution in [0, 0.1) is 0 Å². The first kappa shape index (κ1) is 13.9. The largest absolute Gasteiger partial charge is 0.313 e. The number of hydrogen-bond acceptors (Lipinski definition) is 3. The minimum absolute atomic E-state index is 0.319. The Kier molecular flexibility index (Phi) is 5.68. The summed E-state index contributed by atoms with van der Waals surface area (Å²) in [6.45, 7) is 4.27. The molecule has 0 aromatic rings.